The van der Waals surface area contributed by atoms with Crippen molar-refractivity contribution in [2.75, 3.05) is 12.4 Å². The van der Waals surface area contributed by atoms with Crippen LogP contribution in [0, 0.1) is 0 Å². The molecule has 1 aromatic rings. The van der Waals surface area contributed by atoms with Crippen LogP contribution in [-0.4, -0.2) is 20.2 Å². The van der Waals surface area contributed by atoms with Gasteiger partial charge in [-0.15, -0.1) is 0 Å². The minimum absolute atomic E-state index is 0.810. The Hall–Kier alpha value is -0.803. The van der Waals surface area contributed by atoms with Crippen molar-refractivity contribution in [1.82, 2.24) is 0 Å². The molecule has 72 valence electrons. The molecule has 0 heterocycles. The highest BCUT2D eigenvalue weighted by molar-refractivity contribution is 6.69. The zero-order chi connectivity index (χ0) is 9.90. The molecule has 2 nitrogen and oxygen atoms in total. The summed E-state index contributed by atoms with van der Waals surface area (Å²) in [6.07, 6.45) is 0. The third-order valence-electron chi connectivity index (χ3n) is 1.91. The molecule has 0 aliphatic carbocycles. The van der Waals surface area contributed by atoms with E-state index < -0.39 is 8.32 Å². The van der Waals surface area contributed by atoms with E-state index in [0.717, 1.165) is 11.7 Å². The molecule has 13 heavy (non-hydrogen) atoms. The zero-order valence-electron chi connectivity index (χ0n) is 8.46. The predicted octanol–water partition coefficient (Wildman–Crippen LogP) is 2.01. The lowest BCUT2D eigenvalue weighted by atomic mass is 10.2. The van der Waals surface area contributed by atoms with E-state index >= 15 is 0 Å². The Labute approximate surface area is 80.7 Å². The van der Waals surface area contributed by atoms with E-state index in [1.807, 2.05) is 38.3 Å². The molecular formula is C10H17NOSi. The van der Waals surface area contributed by atoms with Crippen molar-refractivity contribution in [2.45, 2.75) is 19.1 Å². The third kappa shape index (κ3) is 3.20. The first-order valence-electron chi connectivity index (χ1n) is 4.51. The smallest absolute Gasteiger partial charge is 0.186 e. The predicted molar refractivity (Wildman–Crippen MR) is 59.4 cm³/mol. The Balaban J connectivity index is 2.87. The van der Waals surface area contributed by atoms with E-state index in [-0.39, 0.29) is 0 Å². The largest absolute Gasteiger partial charge is 0.432 e. The van der Waals surface area contributed by atoms with Crippen molar-refractivity contribution in [2.24, 2.45) is 0 Å². The van der Waals surface area contributed by atoms with Gasteiger partial charge in [0.25, 0.3) is 0 Å². The second-order valence-corrected chi connectivity index (χ2v) is 7.87. The minimum atomic E-state index is -1.99. The molecular weight excluding hydrogens is 178 g/mol. The van der Waals surface area contributed by atoms with Crippen molar-refractivity contribution >= 4 is 14.0 Å². The molecule has 0 saturated carbocycles. The summed E-state index contributed by atoms with van der Waals surface area (Å²) >= 11 is 0. The van der Waals surface area contributed by atoms with Crippen LogP contribution < -0.4 is 5.32 Å². The molecule has 3 heteroatoms. The molecule has 0 atom stereocenters. The molecule has 0 aromatic heterocycles. The molecule has 1 aromatic carbocycles. The summed E-state index contributed by atoms with van der Waals surface area (Å²) in [6, 6.07) is 8.92. The summed E-state index contributed by atoms with van der Waals surface area (Å²) in [7, 11) is -0.0782. The van der Waals surface area contributed by atoms with Crippen LogP contribution in [-0.2, 0) is 6.04 Å². The number of benzene rings is 1. The van der Waals surface area contributed by atoms with Crippen LogP contribution in [0.1, 0.15) is 5.56 Å². The standard InChI is InChI=1S/C10H17NOSi/c1-11-10-7-5-4-6-9(10)8-13(2,3)12/h4-7,11-12H,8H2,1-3H3. The topological polar surface area (TPSA) is 32.3 Å². The Morgan fingerprint density at radius 3 is 2.46 bits per heavy atom. The van der Waals surface area contributed by atoms with Crippen molar-refractivity contribution in [3.05, 3.63) is 29.8 Å². The maximum atomic E-state index is 9.80. The fourth-order valence-electron chi connectivity index (χ4n) is 1.38. The molecule has 1 rings (SSSR count). The molecule has 0 bridgehead atoms. The lowest BCUT2D eigenvalue weighted by molar-refractivity contribution is 0.548. The highest BCUT2D eigenvalue weighted by Gasteiger charge is 2.18. The van der Waals surface area contributed by atoms with Gasteiger partial charge in [-0.1, -0.05) is 18.2 Å². The van der Waals surface area contributed by atoms with Gasteiger partial charge in [0.15, 0.2) is 8.32 Å². The quantitative estimate of drug-likeness (QED) is 0.723. The number of anilines is 1. The van der Waals surface area contributed by atoms with Gasteiger partial charge >= 0.3 is 0 Å². The van der Waals surface area contributed by atoms with Crippen molar-refractivity contribution in [1.29, 1.82) is 0 Å². The molecule has 2 N–H and O–H groups in total. The van der Waals surface area contributed by atoms with Gasteiger partial charge in [-0.25, -0.2) is 0 Å². The average molecular weight is 195 g/mol. The molecule has 0 aliphatic rings. The third-order valence-corrected chi connectivity index (χ3v) is 3.16. The zero-order valence-corrected chi connectivity index (χ0v) is 9.46. The highest BCUT2D eigenvalue weighted by Crippen LogP contribution is 2.18. The van der Waals surface area contributed by atoms with Crippen LogP contribution in [0.5, 0.6) is 0 Å². The van der Waals surface area contributed by atoms with Gasteiger partial charge in [0, 0.05) is 12.7 Å². The first kappa shape index (κ1) is 10.3. The first-order valence-corrected chi connectivity index (χ1v) is 7.66. The summed E-state index contributed by atoms with van der Waals surface area (Å²) in [4.78, 5) is 9.80. The molecule has 0 saturated heterocycles. The Bertz CT molecular complexity index is 280. The van der Waals surface area contributed by atoms with Crippen LogP contribution >= 0.6 is 0 Å². The monoisotopic (exact) mass is 195 g/mol. The number of para-hydroxylation sites is 1. The van der Waals surface area contributed by atoms with E-state index in [2.05, 4.69) is 11.4 Å². The second-order valence-electron chi connectivity index (χ2n) is 3.90. The summed E-state index contributed by atoms with van der Waals surface area (Å²) in [5.74, 6) is 0. The molecule has 0 fully saturated rings. The van der Waals surface area contributed by atoms with Crippen molar-refractivity contribution in [3.8, 4) is 0 Å². The maximum Gasteiger partial charge on any atom is 0.186 e. The molecule has 0 radical (unpaired) electrons. The maximum absolute atomic E-state index is 9.80. The van der Waals surface area contributed by atoms with Crippen LogP contribution in [0.25, 0.3) is 0 Å². The molecule has 0 spiro atoms. The van der Waals surface area contributed by atoms with Gasteiger partial charge in [0.1, 0.15) is 0 Å². The van der Waals surface area contributed by atoms with Crippen molar-refractivity contribution in [3.63, 3.8) is 0 Å². The second kappa shape index (κ2) is 3.94. The van der Waals surface area contributed by atoms with Crippen LogP contribution in [0.2, 0.25) is 13.1 Å². The number of hydrogen-bond donors (Lipinski definition) is 2. The Morgan fingerprint density at radius 2 is 1.92 bits per heavy atom. The normalized spacial score (nSPS) is 11.4. The van der Waals surface area contributed by atoms with E-state index in [1.54, 1.807) is 0 Å². The number of rotatable bonds is 3. The minimum Gasteiger partial charge on any atom is -0.432 e. The Morgan fingerprint density at radius 1 is 1.31 bits per heavy atom. The summed E-state index contributed by atoms with van der Waals surface area (Å²) < 4.78 is 0. The molecule has 0 aliphatic heterocycles. The highest BCUT2D eigenvalue weighted by atomic mass is 28.4. The SMILES string of the molecule is CNc1ccccc1C[Si](C)(C)O. The summed E-state index contributed by atoms with van der Waals surface area (Å²) in [5.41, 5.74) is 2.33. The first-order chi connectivity index (χ1) is 6.03. The summed E-state index contributed by atoms with van der Waals surface area (Å²) in [5, 5.41) is 3.13. The van der Waals surface area contributed by atoms with Crippen molar-refractivity contribution < 1.29 is 4.80 Å². The van der Waals surface area contributed by atoms with E-state index in [0.29, 0.717) is 0 Å². The van der Waals surface area contributed by atoms with Crippen LogP contribution in [0.3, 0.4) is 0 Å². The fourth-order valence-corrected chi connectivity index (χ4v) is 2.62. The van der Waals surface area contributed by atoms with Crippen LogP contribution in [0.15, 0.2) is 24.3 Å². The van der Waals surface area contributed by atoms with E-state index in [4.69, 9.17) is 0 Å². The van der Waals surface area contributed by atoms with Gasteiger partial charge in [-0.3, -0.25) is 0 Å². The van der Waals surface area contributed by atoms with Gasteiger partial charge in [-0.2, -0.15) is 0 Å². The number of nitrogens with one attached hydrogen (secondary N) is 1. The lowest BCUT2D eigenvalue weighted by Gasteiger charge is -2.16. The van der Waals surface area contributed by atoms with Gasteiger partial charge in [-0.05, 0) is 30.8 Å². The Kier molecular flexibility index (Phi) is 3.11. The summed E-state index contributed by atoms with van der Waals surface area (Å²) in [6.45, 7) is 3.92. The lowest BCUT2D eigenvalue weighted by Crippen LogP contribution is -2.29. The molecule has 0 amide bonds. The van der Waals surface area contributed by atoms with Gasteiger partial charge in [0.05, 0.1) is 0 Å². The van der Waals surface area contributed by atoms with Crippen LogP contribution in [0.4, 0.5) is 5.69 Å². The average Bonchev–Trinajstić information content (AvgIpc) is 2.02. The fraction of sp³-hybridized carbons (Fsp3) is 0.400. The van der Waals surface area contributed by atoms with Gasteiger partial charge in [0.2, 0.25) is 0 Å². The number of hydrogen-bond acceptors (Lipinski definition) is 2. The molecule has 0 unspecified atom stereocenters. The van der Waals surface area contributed by atoms with E-state index in [9.17, 15) is 4.80 Å². The van der Waals surface area contributed by atoms with Gasteiger partial charge < -0.3 is 10.1 Å². The van der Waals surface area contributed by atoms with E-state index in [1.165, 1.54) is 5.56 Å².